The van der Waals surface area contributed by atoms with Crippen LogP contribution < -0.4 is 5.32 Å². The molecule has 1 aromatic heterocycles. The number of rotatable bonds is 4. The maximum absolute atomic E-state index is 12.0. The molecule has 6 heteroatoms. The number of hydrogen-bond donors (Lipinski definition) is 1. The second kappa shape index (κ2) is 6.91. The van der Waals surface area contributed by atoms with Gasteiger partial charge in [-0.15, -0.1) is 0 Å². The molecule has 0 aliphatic carbocycles. The Morgan fingerprint density at radius 1 is 1.17 bits per heavy atom. The molecule has 23 heavy (non-hydrogen) atoms. The molecule has 0 aliphatic heterocycles. The van der Waals surface area contributed by atoms with Crippen molar-refractivity contribution in [2.24, 2.45) is 7.05 Å². The first kappa shape index (κ1) is 16.5. The molecule has 2 rings (SSSR count). The molecule has 0 unspecified atom stereocenters. The molecule has 2 aromatic rings. The van der Waals surface area contributed by atoms with Gasteiger partial charge >= 0.3 is 5.97 Å². The van der Waals surface area contributed by atoms with Crippen molar-refractivity contribution in [2.45, 2.75) is 13.8 Å². The van der Waals surface area contributed by atoms with Crippen molar-refractivity contribution in [1.82, 2.24) is 9.88 Å². The number of ether oxygens (including phenoxy) is 1. The van der Waals surface area contributed by atoms with Crippen LogP contribution >= 0.6 is 0 Å². The average molecular weight is 314 g/mol. The standard InChI is InChI=1S/C17H18N2O4/c1-11-6-7-12(2)13(9-11)17(22)23-10-15(20)18-16(21)14-5-4-8-19(14)3/h4-9H,10H2,1-3H3,(H,18,20,21). The Kier molecular flexibility index (Phi) is 4.95. The first-order valence-electron chi connectivity index (χ1n) is 7.08. The van der Waals surface area contributed by atoms with Gasteiger partial charge in [-0.2, -0.15) is 0 Å². The van der Waals surface area contributed by atoms with Crippen LogP contribution in [0.25, 0.3) is 0 Å². The number of amides is 2. The van der Waals surface area contributed by atoms with Crippen molar-refractivity contribution < 1.29 is 19.1 Å². The van der Waals surface area contributed by atoms with Crippen LogP contribution in [-0.4, -0.2) is 29.0 Å². The number of carbonyl (C=O) groups excluding carboxylic acids is 3. The summed E-state index contributed by atoms with van der Waals surface area (Å²) in [6.07, 6.45) is 1.69. The lowest BCUT2D eigenvalue weighted by Crippen LogP contribution is -2.35. The monoisotopic (exact) mass is 314 g/mol. The van der Waals surface area contributed by atoms with E-state index >= 15 is 0 Å². The molecule has 0 saturated carbocycles. The van der Waals surface area contributed by atoms with Crippen LogP contribution in [0, 0.1) is 13.8 Å². The van der Waals surface area contributed by atoms with E-state index in [0.29, 0.717) is 11.3 Å². The molecular weight excluding hydrogens is 296 g/mol. The van der Waals surface area contributed by atoms with Crippen LogP contribution in [-0.2, 0) is 16.6 Å². The van der Waals surface area contributed by atoms with Crippen LogP contribution in [0.2, 0.25) is 0 Å². The molecule has 1 heterocycles. The van der Waals surface area contributed by atoms with Crippen molar-refractivity contribution >= 4 is 17.8 Å². The van der Waals surface area contributed by atoms with Crippen molar-refractivity contribution in [3.8, 4) is 0 Å². The summed E-state index contributed by atoms with van der Waals surface area (Å²) in [7, 11) is 1.69. The molecule has 1 N–H and O–H groups in total. The number of benzene rings is 1. The number of esters is 1. The van der Waals surface area contributed by atoms with Gasteiger partial charge in [-0.05, 0) is 37.6 Å². The highest BCUT2D eigenvalue weighted by molar-refractivity contribution is 6.04. The lowest BCUT2D eigenvalue weighted by molar-refractivity contribution is -0.123. The van der Waals surface area contributed by atoms with Crippen molar-refractivity contribution in [3.05, 3.63) is 58.9 Å². The van der Waals surface area contributed by atoms with Gasteiger partial charge in [0.15, 0.2) is 6.61 Å². The normalized spacial score (nSPS) is 10.2. The SMILES string of the molecule is Cc1ccc(C)c(C(=O)OCC(=O)NC(=O)c2cccn2C)c1. The fraction of sp³-hybridized carbons (Fsp3) is 0.235. The van der Waals surface area contributed by atoms with Crippen molar-refractivity contribution in [1.29, 1.82) is 0 Å². The summed E-state index contributed by atoms with van der Waals surface area (Å²) in [5.74, 6) is -1.80. The number of nitrogens with zero attached hydrogens (tertiary/aromatic N) is 1. The van der Waals surface area contributed by atoms with Crippen LogP contribution in [0.1, 0.15) is 32.0 Å². The van der Waals surface area contributed by atoms with Crippen LogP contribution in [0.15, 0.2) is 36.5 Å². The van der Waals surface area contributed by atoms with E-state index in [1.807, 2.05) is 19.1 Å². The smallest absolute Gasteiger partial charge is 0.338 e. The molecule has 0 aliphatic rings. The molecule has 6 nitrogen and oxygen atoms in total. The fourth-order valence-electron chi connectivity index (χ4n) is 2.09. The number of hydrogen-bond acceptors (Lipinski definition) is 4. The summed E-state index contributed by atoms with van der Waals surface area (Å²) in [6, 6.07) is 8.68. The third-order valence-corrected chi connectivity index (χ3v) is 3.38. The summed E-state index contributed by atoms with van der Waals surface area (Å²) in [5, 5.41) is 2.18. The molecule has 0 atom stereocenters. The van der Waals surface area contributed by atoms with E-state index in [4.69, 9.17) is 4.74 Å². The van der Waals surface area contributed by atoms with E-state index < -0.39 is 24.4 Å². The Morgan fingerprint density at radius 2 is 1.91 bits per heavy atom. The summed E-state index contributed by atoms with van der Waals surface area (Å²) in [5.41, 5.74) is 2.44. The minimum atomic E-state index is -0.671. The van der Waals surface area contributed by atoms with Gasteiger partial charge in [-0.25, -0.2) is 4.79 Å². The van der Waals surface area contributed by atoms with Crippen LogP contribution in [0.3, 0.4) is 0 Å². The van der Waals surface area contributed by atoms with Gasteiger partial charge in [-0.1, -0.05) is 17.7 Å². The molecule has 0 fully saturated rings. The highest BCUT2D eigenvalue weighted by Crippen LogP contribution is 2.11. The van der Waals surface area contributed by atoms with Gasteiger partial charge < -0.3 is 9.30 Å². The Balaban J connectivity index is 1.91. The second-order valence-electron chi connectivity index (χ2n) is 5.28. The predicted octanol–water partition coefficient (Wildman–Crippen LogP) is 1.76. The minimum absolute atomic E-state index is 0.346. The van der Waals surface area contributed by atoms with Gasteiger partial charge in [0, 0.05) is 13.2 Å². The van der Waals surface area contributed by atoms with Crippen molar-refractivity contribution in [2.75, 3.05) is 6.61 Å². The van der Waals surface area contributed by atoms with E-state index in [-0.39, 0.29) is 0 Å². The maximum atomic E-state index is 12.0. The zero-order valence-corrected chi connectivity index (χ0v) is 13.3. The lowest BCUT2D eigenvalue weighted by atomic mass is 10.1. The third-order valence-electron chi connectivity index (χ3n) is 3.38. The van der Waals surface area contributed by atoms with E-state index in [2.05, 4.69) is 5.32 Å². The number of imide groups is 1. The summed E-state index contributed by atoms with van der Waals surface area (Å²) >= 11 is 0. The molecule has 2 amide bonds. The van der Waals surface area contributed by atoms with Crippen molar-refractivity contribution in [3.63, 3.8) is 0 Å². The number of nitrogens with one attached hydrogen (secondary N) is 1. The minimum Gasteiger partial charge on any atom is -0.452 e. The Hall–Kier alpha value is -2.89. The topological polar surface area (TPSA) is 77.4 Å². The number of carbonyl (C=O) groups is 3. The highest BCUT2D eigenvalue weighted by Gasteiger charge is 2.16. The Morgan fingerprint density at radius 3 is 2.57 bits per heavy atom. The van der Waals surface area contributed by atoms with Gasteiger partial charge in [0.05, 0.1) is 5.56 Å². The van der Waals surface area contributed by atoms with Gasteiger partial charge in [0.2, 0.25) is 0 Å². The Bertz CT molecular complexity index is 762. The van der Waals surface area contributed by atoms with E-state index in [1.165, 1.54) is 0 Å². The molecule has 1 aromatic carbocycles. The molecule has 0 saturated heterocycles. The highest BCUT2D eigenvalue weighted by atomic mass is 16.5. The molecular formula is C17H18N2O4. The van der Waals surface area contributed by atoms with Crippen LogP contribution in [0.5, 0.6) is 0 Å². The van der Waals surface area contributed by atoms with Gasteiger partial charge in [0.25, 0.3) is 11.8 Å². The summed E-state index contributed by atoms with van der Waals surface area (Å²) < 4.78 is 6.55. The molecule has 0 bridgehead atoms. The zero-order valence-electron chi connectivity index (χ0n) is 13.3. The molecule has 0 radical (unpaired) electrons. The Labute approximate surface area is 134 Å². The second-order valence-corrected chi connectivity index (χ2v) is 5.28. The number of aromatic nitrogens is 1. The summed E-state index contributed by atoms with van der Waals surface area (Å²) in [6.45, 7) is 3.14. The third kappa shape index (κ3) is 4.06. The van der Waals surface area contributed by atoms with E-state index in [9.17, 15) is 14.4 Å². The molecule has 0 spiro atoms. The number of aryl methyl sites for hydroxylation is 3. The first-order chi connectivity index (χ1) is 10.9. The van der Waals surface area contributed by atoms with Gasteiger partial charge in [0.1, 0.15) is 5.69 Å². The zero-order chi connectivity index (χ0) is 17.0. The van der Waals surface area contributed by atoms with Crippen LogP contribution in [0.4, 0.5) is 0 Å². The summed E-state index contributed by atoms with van der Waals surface area (Å²) in [4.78, 5) is 35.6. The van der Waals surface area contributed by atoms with E-state index in [0.717, 1.165) is 11.1 Å². The largest absolute Gasteiger partial charge is 0.452 e. The van der Waals surface area contributed by atoms with E-state index in [1.54, 1.807) is 42.9 Å². The van der Waals surface area contributed by atoms with Gasteiger partial charge in [-0.3, -0.25) is 14.9 Å². The lowest BCUT2D eigenvalue weighted by Gasteiger charge is -2.08. The predicted molar refractivity (Wildman–Crippen MR) is 84.1 cm³/mol. The maximum Gasteiger partial charge on any atom is 0.338 e. The molecule has 120 valence electrons. The quantitative estimate of drug-likeness (QED) is 0.872. The fourth-order valence-corrected chi connectivity index (χ4v) is 2.09. The average Bonchev–Trinajstić information content (AvgIpc) is 2.93. The first-order valence-corrected chi connectivity index (χ1v) is 7.08.